The fourth-order valence-corrected chi connectivity index (χ4v) is 3.42. The maximum Gasteiger partial charge on any atom is 0.407 e. The summed E-state index contributed by atoms with van der Waals surface area (Å²) in [5.74, 6) is -1.38. The number of carbonyl (C=O) groups excluding carboxylic acids is 4. The van der Waals surface area contributed by atoms with Gasteiger partial charge in [0.15, 0.2) is 6.29 Å². The fraction of sp³-hybridized carbons (Fsp3) is 0.643. The van der Waals surface area contributed by atoms with Crippen molar-refractivity contribution in [1.29, 1.82) is 0 Å². The normalized spacial score (nSPS) is 13.9. The van der Waals surface area contributed by atoms with Gasteiger partial charge < -0.3 is 45.7 Å². The van der Waals surface area contributed by atoms with Gasteiger partial charge in [0.1, 0.15) is 12.6 Å². The maximum absolute atomic E-state index is 12.1. The molecule has 0 heterocycles. The molecule has 1 aromatic carbocycles. The van der Waals surface area contributed by atoms with Crippen molar-refractivity contribution in [3.63, 3.8) is 0 Å². The first-order chi connectivity index (χ1) is 19.5. The van der Waals surface area contributed by atoms with Crippen LogP contribution in [0.4, 0.5) is 4.79 Å². The Bertz CT molecular complexity index is 913. The zero-order valence-electron chi connectivity index (χ0n) is 24.4. The van der Waals surface area contributed by atoms with Crippen LogP contribution in [0.15, 0.2) is 30.3 Å². The molecule has 4 atom stereocenters. The average molecular weight is 583 g/mol. The number of hydrogen-bond donors (Lipinski definition) is 5. The van der Waals surface area contributed by atoms with Crippen LogP contribution in [0.5, 0.6) is 0 Å². The molecule has 41 heavy (non-hydrogen) atoms. The molecule has 13 nitrogen and oxygen atoms in total. The monoisotopic (exact) mass is 582 g/mol. The van der Waals surface area contributed by atoms with Gasteiger partial charge in [0, 0.05) is 19.5 Å². The highest BCUT2D eigenvalue weighted by molar-refractivity contribution is 5.84. The minimum absolute atomic E-state index is 0.0245. The third-order valence-corrected chi connectivity index (χ3v) is 5.63. The highest BCUT2D eigenvalue weighted by Crippen LogP contribution is 2.08. The smallest absolute Gasteiger partial charge is 0.407 e. The SMILES string of the molecule is CCC(CO)OC(COC(=O)NCCC(=O)N[C@@H](C)C(=O)OCCCNC(=O)[C@@H](N)Cc1ccccc1)OC(C)C. The molecule has 2 unspecified atom stereocenters. The van der Waals surface area contributed by atoms with Crippen LogP contribution >= 0.6 is 0 Å². The summed E-state index contributed by atoms with van der Waals surface area (Å²) in [6, 6.07) is 7.87. The molecule has 1 aromatic rings. The fourth-order valence-electron chi connectivity index (χ4n) is 3.42. The molecule has 0 spiro atoms. The molecular weight excluding hydrogens is 536 g/mol. The van der Waals surface area contributed by atoms with Gasteiger partial charge in [-0.1, -0.05) is 37.3 Å². The Morgan fingerprint density at radius 1 is 0.976 bits per heavy atom. The van der Waals surface area contributed by atoms with Crippen LogP contribution in [0.3, 0.4) is 0 Å². The zero-order chi connectivity index (χ0) is 30.6. The number of benzene rings is 1. The number of esters is 1. The Hall–Kier alpha value is -3.26. The second-order valence-corrected chi connectivity index (χ2v) is 9.64. The molecular formula is C28H46N4O9. The van der Waals surface area contributed by atoms with Gasteiger partial charge in [-0.05, 0) is 45.6 Å². The molecule has 13 heteroatoms. The lowest BCUT2D eigenvalue weighted by Gasteiger charge is -2.24. The number of ether oxygens (including phenoxy) is 4. The topological polar surface area (TPSA) is 188 Å². The van der Waals surface area contributed by atoms with E-state index in [1.54, 1.807) is 13.8 Å². The first-order valence-electron chi connectivity index (χ1n) is 13.9. The summed E-state index contributed by atoms with van der Waals surface area (Å²) < 4.78 is 21.4. The number of nitrogens with two attached hydrogens (primary N) is 1. The molecule has 0 radical (unpaired) electrons. The lowest BCUT2D eigenvalue weighted by atomic mass is 10.1. The Morgan fingerprint density at radius 2 is 1.68 bits per heavy atom. The van der Waals surface area contributed by atoms with E-state index in [9.17, 15) is 24.3 Å². The molecule has 0 aromatic heterocycles. The third kappa shape index (κ3) is 16.6. The zero-order valence-corrected chi connectivity index (χ0v) is 24.4. The lowest BCUT2D eigenvalue weighted by Crippen LogP contribution is -2.43. The van der Waals surface area contributed by atoms with Gasteiger partial charge >= 0.3 is 12.1 Å². The van der Waals surface area contributed by atoms with Crippen LogP contribution in [0.2, 0.25) is 0 Å². The number of nitrogens with one attached hydrogen (secondary N) is 3. The lowest BCUT2D eigenvalue weighted by molar-refractivity contribution is -0.209. The molecule has 0 aliphatic rings. The molecule has 0 aliphatic heterocycles. The number of aliphatic hydroxyl groups excluding tert-OH is 1. The molecule has 0 saturated carbocycles. The van der Waals surface area contributed by atoms with Crippen molar-refractivity contribution in [1.82, 2.24) is 16.0 Å². The average Bonchev–Trinajstić information content (AvgIpc) is 2.94. The highest BCUT2D eigenvalue weighted by atomic mass is 16.7. The Balaban J connectivity index is 2.20. The van der Waals surface area contributed by atoms with Crippen molar-refractivity contribution in [2.45, 2.75) is 84.0 Å². The van der Waals surface area contributed by atoms with Crippen LogP contribution in [-0.4, -0.2) is 92.5 Å². The maximum atomic E-state index is 12.1. The minimum Gasteiger partial charge on any atom is -0.464 e. The molecule has 0 bridgehead atoms. The van der Waals surface area contributed by atoms with Crippen molar-refractivity contribution in [2.75, 3.05) is 32.9 Å². The van der Waals surface area contributed by atoms with Gasteiger partial charge in [0.2, 0.25) is 11.8 Å². The van der Waals surface area contributed by atoms with E-state index < -0.39 is 42.4 Å². The summed E-state index contributed by atoms with van der Waals surface area (Å²) >= 11 is 0. The summed E-state index contributed by atoms with van der Waals surface area (Å²) in [7, 11) is 0. The van der Waals surface area contributed by atoms with E-state index in [1.807, 2.05) is 37.3 Å². The van der Waals surface area contributed by atoms with Crippen LogP contribution in [-0.2, 0) is 39.8 Å². The standard InChI is InChI=1S/C28H46N4O9/c1-5-22(17-33)41-25(40-19(2)3)18-39-28(37)31-14-12-24(34)32-20(4)27(36)38-15-9-13-30-26(35)23(29)16-21-10-7-6-8-11-21/h6-8,10-11,19-20,22-23,25,33H,5,9,12-18,29H2,1-4H3,(H,30,35)(H,31,37)(H,32,34)/t20-,22?,23-,25?/m0/s1. The molecule has 0 fully saturated rings. The van der Waals surface area contributed by atoms with Crippen molar-refractivity contribution in [2.24, 2.45) is 5.73 Å². The summed E-state index contributed by atoms with van der Waals surface area (Å²) in [6.07, 6.45) is -0.971. The molecule has 1 rings (SSSR count). The largest absolute Gasteiger partial charge is 0.464 e. The first kappa shape index (κ1) is 35.8. The second kappa shape index (κ2) is 20.6. The van der Waals surface area contributed by atoms with Gasteiger partial charge in [-0.15, -0.1) is 0 Å². The van der Waals surface area contributed by atoms with Crippen LogP contribution in [0.25, 0.3) is 0 Å². The minimum atomic E-state index is -0.896. The quantitative estimate of drug-likeness (QED) is 0.0834. The second-order valence-electron chi connectivity index (χ2n) is 9.64. The van der Waals surface area contributed by atoms with E-state index in [2.05, 4.69) is 16.0 Å². The number of hydrogen-bond acceptors (Lipinski definition) is 10. The number of rotatable bonds is 20. The van der Waals surface area contributed by atoms with E-state index in [4.69, 9.17) is 24.7 Å². The Labute approximate surface area is 241 Å². The van der Waals surface area contributed by atoms with E-state index >= 15 is 0 Å². The summed E-state index contributed by atoms with van der Waals surface area (Å²) in [5, 5.41) is 17.0. The van der Waals surface area contributed by atoms with Crippen molar-refractivity contribution in [3.8, 4) is 0 Å². The van der Waals surface area contributed by atoms with Gasteiger partial charge in [-0.3, -0.25) is 9.59 Å². The Morgan fingerprint density at radius 3 is 2.32 bits per heavy atom. The van der Waals surface area contributed by atoms with E-state index in [-0.39, 0.29) is 51.3 Å². The Kier molecular flexibility index (Phi) is 18.0. The van der Waals surface area contributed by atoms with E-state index in [0.717, 1.165) is 5.56 Å². The van der Waals surface area contributed by atoms with E-state index in [0.29, 0.717) is 19.3 Å². The number of amides is 3. The molecule has 0 aliphatic carbocycles. The summed E-state index contributed by atoms with van der Waals surface area (Å²) in [4.78, 5) is 48.4. The van der Waals surface area contributed by atoms with Crippen LogP contribution in [0.1, 0.15) is 52.5 Å². The predicted molar refractivity (Wildman–Crippen MR) is 151 cm³/mol. The van der Waals surface area contributed by atoms with Gasteiger partial charge in [-0.25, -0.2) is 9.59 Å². The van der Waals surface area contributed by atoms with Gasteiger partial charge in [-0.2, -0.15) is 0 Å². The summed E-state index contributed by atoms with van der Waals surface area (Å²) in [5.41, 5.74) is 6.90. The molecule has 3 amide bonds. The predicted octanol–water partition coefficient (Wildman–Crippen LogP) is 0.766. The summed E-state index contributed by atoms with van der Waals surface area (Å²) in [6.45, 7) is 6.87. The van der Waals surface area contributed by atoms with Gasteiger partial charge in [0.25, 0.3) is 0 Å². The number of carbonyl (C=O) groups is 4. The van der Waals surface area contributed by atoms with Crippen LogP contribution < -0.4 is 21.7 Å². The molecule has 232 valence electrons. The highest BCUT2D eigenvalue weighted by Gasteiger charge is 2.20. The molecule has 6 N–H and O–H groups in total. The number of aliphatic hydroxyl groups is 1. The van der Waals surface area contributed by atoms with Crippen molar-refractivity contribution < 1.29 is 43.2 Å². The van der Waals surface area contributed by atoms with Crippen molar-refractivity contribution >= 4 is 23.9 Å². The van der Waals surface area contributed by atoms with E-state index in [1.165, 1.54) is 6.92 Å². The van der Waals surface area contributed by atoms with Gasteiger partial charge in [0.05, 0.1) is 31.5 Å². The third-order valence-electron chi connectivity index (χ3n) is 5.63. The number of alkyl carbamates (subject to hydrolysis) is 1. The molecule has 0 saturated heterocycles. The van der Waals surface area contributed by atoms with Crippen LogP contribution in [0, 0.1) is 0 Å². The van der Waals surface area contributed by atoms with Crippen molar-refractivity contribution in [3.05, 3.63) is 35.9 Å². The first-order valence-corrected chi connectivity index (χ1v) is 13.9.